The Morgan fingerprint density at radius 3 is 1.50 bits per heavy atom. The standard InChI is InChI=1S/C10H6/c1-2-4-8-7(3-1)9-5-6-10(8)9/h1-6H. The Kier molecular flexibility index (Phi) is 0.558. The van der Waals surface area contributed by atoms with Gasteiger partial charge in [0.15, 0.2) is 0 Å². The minimum Gasteiger partial charge on any atom is -0.0616 e. The molecule has 0 heteroatoms. The summed E-state index contributed by atoms with van der Waals surface area (Å²) in [6.07, 6.45) is 0. The van der Waals surface area contributed by atoms with Crippen molar-refractivity contribution in [3.63, 3.8) is 0 Å². The summed E-state index contributed by atoms with van der Waals surface area (Å²) in [5, 5.41) is 5.77. The lowest BCUT2D eigenvalue weighted by molar-refractivity contribution is 1.47. The highest BCUT2D eigenvalue weighted by Crippen LogP contribution is 2.25. The molecule has 0 fully saturated rings. The lowest BCUT2D eigenvalue weighted by Gasteiger charge is -2.09. The molecule has 0 N–H and O–H groups in total. The van der Waals surface area contributed by atoms with Crippen molar-refractivity contribution in [1.29, 1.82) is 0 Å². The average Bonchev–Trinajstić information content (AvgIpc) is 1.90. The fourth-order valence-corrected chi connectivity index (χ4v) is 1.61. The molecule has 10 heavy (non-hydrogen) atoms. The lowest BCUT2D eigenvalue weighted by atomic mass is 9.95. The van der Waals surface area contributed by atoms with E-state index in [4.69, 9.17) is 0 Å². The molecule has 2 aliphatic carbocycles. The molecule has 0 amide bonds. The molecule has 1 aromatic rings. The molecule has 2 aliphatic rings. The minimum atomic E-state index is 1.43. The van der Waals surface area contributed by atoms with Crippen molar-refractivity contribution in [2.75, 3.05) is 0 Å². The van der Waals surface area contributed by atoms with Crippen LogP contribution in [0.2, 0.25) is 0 Å². The summed E-state index contributed by atoms with van der Waals surface area (Å²) in [4.78, 5) is 0. The van der Waals surface area contributed by atoms with Gasteiger partial charge in [0.1, 0.15) is 0 Å². The van der Waals surface area contributed by atoms with E-state index in [0.29, 0.717) is 0 Å². The molecule has 46 valence electrons. The Bertz CT molecular complexity index is 448. The third kappa shape index (κ3) is 0.305. The summed E-state index contributed by atoms with van der Waals surface area (Å²) in [7, 11) is 0. The first-order chi connectivity index (χ1) is 4.97. The van der Waals surface area contributed by atoms with Gasteiger partial charge in [0.05, 0.1) is 0 Å². The van der Waals surface area contributed by atoms with E-state index in [-0.39, 0.29) is 0 Å². The van der Waals surface area contributed by atoms with Gasteiger partial charge in [-0.2, -0.15) is 0 Å². The average molecular weight is 126 g/mol. The Labute approximate surface area is 58.4 Å². The molecule has 0 unspecified atom stereocenters. The molecule has 0 spiro atoms. The summed E-state index contributed by atoms with van der Waals surface area (Å²) in [5.41, 5.74) is 0. The second-order valence-electron chi connectivity index (χ2n) is 2.71. The molecule has 1 aromatic carbocycles. The third-order valence-electron chi connectivity index (χ3n) is 2.21. The van der Waals surface area contributed by atoms with Crippen LogP contribution in [-0.2, 0) is 0 Å². The fraction of sp³-hybridized carbons (Fsp3) is 0. The zero-order valence-electron chi connectivity index (χ0n) is 5.46. The summed E-state index contributed by atoms with van der Waals surface area (Å²) in [5.74, 6) is 0. The van der Waals surface area contributed by atoms with Crippen molar-refractivity contribution in [3.8, 4) is 0 Å². The second-order valence-corrected chi connectivity index (χ2v) is 2.71. The maximum atomic E-state index is 2.18. The Morgan fingerprint density at radius 2 is 1.10 bits per heavy atom. The van der Waals surface area contributed by atoms with Crippen LogP contribution < -0.4 is 0 Å². The van der Waals surface area contributed by atoms with Gasteiger partial charge in [0.2, 0.25) is 0 Å². The van der Waals surface area contributed by atoms with Crippen molar-refractivity contribution in [2.24, 2.45) is 0 Å². The van der Waals surface area contributed by atoms with Crippen LogP contribution in [0.3, 0.4) is 0 Å². The van der Waals surface area contributed by atoms with Crippen molar-refractivity contribution >= 4 is 10.8 Å². The van der Waals surface area contributed by atoms with Crippen LogP contribution in [0.4, 0.5) is 0 Å². The monoisotopic (exact) mass is 126 g/mol. The molecule has 0 atom stereocenters. The molecule has 0 aromatic heterocycles. The molecule has 0 saturated carbocycles. The van der Waals surface area contributed by atoms with Crippen LogP contribution >= 0.6 is 0 Å². The van der Waals surface area contributed by atoms with Crippen molar-refractivity contribution in [1.82, 2.24) is 0 Å². The highest BCUT2D eigenvalue weighted by molar-refractivity contribution is 5.90. The van der Waals surface area contributed by atoms with E-state index in [1.807, 2.05) is 0 Å². The second kappa shape index (κ2) is 1.24. The largest absolute Gasteiger partial charge is 0.0616 e. The van der Waals surface area contributed by atoms with Gasteiger partial charge in [-0.3, -0.25) is 0 Å². The maximum Gasteiger partial charge on any atom is -0.00987 e. The summed E-state index contributed by atoms with van der Waals surface area (Å²) >= 11 is 0. The maximum absolute atomic E-state index is 2.18. The van der Waals surface area contributed by atoms with Crippen LogP contribution in [-0.4, -0.2) is 0 Å². The first-order valence-electron chi connectivity index (χ1n) is 3.49. The third-order valence-corrected chi connectivity index (χ3v) is 2.21. The van der Waals surface area contributed by atoms with E-state index in [2.05, 4.69) is 36.4 Å². The van der Waals surface area contributed by atoms with Crippen molar-refractivity contribution < 1.29 is 0 Å². The number of hydrogen-bond acceptors (Lipinski definition) is 0. The topological polar surface area (TPSA) is 0 Å². The van der Waals surface area contributed by atoms with E-state index < -0.39 is 0 Å². The molecule has 3 rings (SSSR count). The van der Waals surface area contributed by atoms with Crippen LogP contribution in [0.5, 0.6) is 0 Å². The van der Waals surface area contributed by atoms with Gasteiger partial charge < -0.3 is 0 Å². The number of hydrogen-bond donors (Lipinski definition) is 0. The fourth-order valence-electron chi connectivity index (χ4n) is 1.61. The number of fused-ring (bicyclic) bond motifs is 3. The summed E-state index contributed by atoms with van der Waals surface area (Å²) < 4.78 is 0. The first-order valence-corrected chi connectivity index (χ1v) is 3.49. The normalized spacial score (nSPS) is 12.0. The molecule has 0 heterocycles. The van der Waals surface area contributed by atoms with Gasteiger partial charge in [-0.15, -0.1) is 0 Å². The van der Waals surface area contributed by atoms with E-state index in [0.717, 1.165) is 0 Å². The molecular formula is C10H6. The molecular weight excluding hydrogens is 120 g/mol. The molecule has 0 radical (unpaired) electrons. The Hall–Kier alpha value is -1.30. The van der Waals surface area contributed by atoms with Gasteiger partial charge in [-0.25, -0.2) is 0 Å². The SMILES string of the molecule is c1ccc2c3ccc=3c2c1. The highest BCUT2D eigenvalue weighted by Gasteiger charge is 2.05. The van der Waals surface area contributed by atoms with Crippen molar-refractivity contribution in [2.45, 2.75) is 0 Å². The Balaban J connectivity index is 2.75. The Morgan fingerprint density at radius 1 is 0.600 bits per heavy atom. The van der Waals surface area contributed by atoms with Crippen LogP contribution in [0.15, 0.2) is 36.4 Å². The summed E-state index contributed by atoms with van der Waals surface area (Å²) in [6, 6.07) is 12.9. The van der Waals surface area contributed by atoms with E-state index in [9.17, 15) is 0 Å². The van der Waals surface area contributed by atoms with Gasteiger partial charge in [0, 0.05) is 0 Å². The van der Waals surface area contributed by atoms with Gasteiger partial charge in [-0.1, -0.05) is 36.4 Å². The quantitative estimate of drug-likeness (QED) is 0.434. The van der Waals surface area contributed by atoms with Gasteiger partial charge in [0.25, 0.3) is 0 Å². The minimum absolute atomic E-state index is 1.43. The van der Waals surface area contributed by atoms with E-state index in [1.54, 1.807) is 0 Å². The van der Waals surface area contributed by atoms with E-state index >= 15 is 0 Å². The first kappa shape index (κ1) is 4.51. The number of rotatable bonds is 0. The highest BCUT2D eigenvalue weighted by atomic mass is 14.1. The zero-order chi connectivity index (χ0) is 6.55. The number of benzene rings is 2. The van der Waals surface area contributed by atoms with Gasteiger partial charge >= 0.3 is 0 Å². The van der Waals surface area contributed by atoms with Gasteiger partial charge in [-0.05, 0) is 21.2 Å². The molecule has 0 nitrogen and oxygen atoms in total. The lowest BCUT2D eigenvalue weighted by Crippen LogP contribution is -1.89. The molecule has 0 saturated heterocycles. The predicted octanol–water partition coefficient (Wildman–Crippen LogP) is 2.44. The predicted molar refractivity (Wildman–Crippen MR) is 41.6 cm³/mol. The zero-order valence-corrected chi connectivity index (χ0v) is 5.46. The smallest absolute Gasteiger partial charge is 0.00987 e. The van der Waals surface area contributed by atoms with E-state index in [1.165, 1.54) is 21.2 Å². The molecule has 0 bridgehead atoms. The van der Waals surface area contributed by atoms with Crippen LogP contribution in [0.25, 0.3) is 10.8 Å². The summed E-state index contributed by atoms with van der Waals surface area (Å²) in [6.45, 7) is 0. The van der Waals surface area contributed by atoms with Crippen LogP contribution in [0, 0.1) is 10.4 Å². The van der Waals surface area contributed by atoms with Crippen molar-refractivity contribution in [3.05, 3.63) is 46.8 Å². The van der Waals surface area contributed by atoms with Crippen LogP contribution in [0.1, 0.15) is 0 Å². The molecule has 0 aliphatic heterocycles.